The molecule has 0 radical (unpaired) electrons. The summed E-state index contributed by atoms with van der Waals surface area (Å²) in [4.78, 5) is 54.9. The number of rotatable bonds is 20. The molecule has 1 aromatic carbocycles. The van der Waals surface area contributed by atoms with Crippen LogP contribution in [0.2, 0.25) is 0 Å². The quantitative estimate of drug-likeness (QED) is 0.0487. The lowest BCUT2D eigenvalue weighted by Crippen LogP contribution is -2.57. The third-order valence-electron chi connectivity index (χ3n) is 6.11. The predicted octanol–water partition coefficient (Wildman–Crippen LogP) is -1.26. The number of phenolic OH excluding ortho intramolecular Hbond substituents is 1. The minimum atomic E-state index is -1.17. The zero-order valence-electron chi connectivity index (χ0n) is 23.4. The molecule has 0 aromatic heterocycles. The maximum absolute atomic E-state index is 13.4. The molecule has 3 amide bonds. The van der Waals surface area contributed by atoms with E-state index >= 15 is 0 Å². The first kappa shape index (κ1) is 35.5. The van der Waals surface area contributed by atoms with Crippen molar-refractivity contribution in [2.45, 2.75) is 69.1 Å². The lowest BCUT2D eigenvalue weighted by atomic mass is 10.0. The number of aliphatic carboxylic acids is 1. The number of nitrogens with zero attached hydrogens (tertiary/aromatic N) is 1. The van der Waals surface area contributed by atoms with E-state index in [-0.39, 0.29) is 43.9 Å². The van der Waals surface area contributed by atoms with E-state index in [0.717, 1.165) is 0 Å². The van der Waals surface area contributed by atoms with Crippen LogP contribution in [0.5, 0.6) is 5.75 Å². The van der Waals surface area contributed by atoms with Crippen molar-refractivity contribution < 1.29 is 29.4 Å². The number of carboxylic acids is 1. The van der Waals surface area contributed by atoms with Gasteiger partial charge in [0, 0.05) is 6.54 Å². The van der Waals surface area contributed by atoms with Gasteiger partial charge >= 0.3 is 5.97 Å². The molecule has 0 spiro atoms. The summed E-state index contributed by atoms with van der Waals surface area (Å²) in [5, 5.41) is 26.8. The number of carbonyl (C=O) groups excluding carboxylic acids is 3. The van der Waals surface area contributed by atoms with Gasteiger partial charge in [-0.2, -0.15) is 11.8 Å². The molecule has 0 aliphatic rings. The Hall–Kier alpha value is -3.56. The van der Waals surface area contributed by atoms with Crippen LogP contribution in [0.1, 0.15) is 44.1 Å². The third-order valence-corrected chi connectivity index (χ3v) is 6.76. The van der Waals surface area contributed by atoms with Crippen LogP contribution in [-0.4, -0.2) is 89.1 Å². The molecule has 13 N–H and O–H groups in total. The molecule has 4 atom stereocenters. The number of guanidine groups is 1. The van der Waals surface area contributed by atoms with Gasteiger partial charge in [0.15, 0.2) is 5.96 Å². The number of amides is 3. The van der Waals surface area contributed by atoms with Gasteiger partial charge in [0.1, 0.15) is 23.9 Å². The van der Waals surface area contributed by atoms with Crippen LogP contribution in [0.25, 0.3) is 0 Å². The summed E-state index contributed by atoms with van der Waals surface area (Å²) in [5.41, 5.74) is 23.1. The molecular weight excluding hydrogens is 552 g/mol. The highest BCUT2D eigenvalue weighted by molar-refractivity contribution is 7.98. The predicted molar refractivity (Wildman–Crippen MR) is 159 cm³/mol. The first-order valence-electron chi connectivity index (χ1n) is 13.4. The zero-order chi connectivity index (χ0) is 30.8. The molecule has 1 rings (SSSR count). The summed E-state index contributed by atoms with van der Waals surface area (Å²) in [5.74, 6) is -2.55. The maximum atomic E-state index is 13.4. The van der Waals surface area contributed by atoms with Gasteiger partial charge in [-0.1, -0.05) is 12.1 Å². The van der Waals surface area contributed by atoms with Crippen LogP contribution in [0.15, 0.2) is 29.3 Å². The van der Waals surface area contributed by atoms with E-state index in [0.29, 0.717) is 37.1 Å². The smallest absolute Gasteiger partial charge is 0.326 e. The molecule has 0 heterocycles. The van der Waals surface area contributed by atoms with Crippen LogP contribution in [-0.2, 0) is 25.6 Å². The van der Waals surface area contributed by atoms with Gasteiger partial charge in [0.25, 0.3) is 0 Å². The van der Waals surface area contributed by atoms with Crippen LogP contribution >= 0.6 is 11.8 Å². The topological polar surface area (TPSA) is 261 Å². The summed E-state index contributed by atoms with van der Waals surface area (Å²) >= 11 is 1.45. The Balaban J connectivity index is 3.03. The minimum Gasteiger partial charge on any atom is -0.508 e. The van der Waals surface area contributed by atoms with E-state index in [2.05, 4.69) is 20.9 Å². The Morgan fingerprint density at radius 1 is 0.878 bits per heavy atom. The largest absolute Gasteiger partial charge is 0.508 e. The lowest BCUT2D eigenvalue weighted by molar-refractivity contribution is -0.142. The Morgan fingerprint density at radius 2 is 1.44 bits per heavy atom. The fourth-order valence-corrected chi connectivity index (χ4v) is 4.30. The van der Waals surface area contributed by atoms with Crippen LogP contribution in [0.4, 0.5) is 0 Å². The van der Waals surface area contributed by atoms with Crippen molar-refractivity contribution in [3.05, 3.63) is 29.8 Å². The molecule has 0 aliphatic heterocycles. The van der Waals surface area contributed by atoms with Crippen molar-refractivity contribution in [3.8, 4) is 5.75 Å². The van der Waals surface area contributed by atoms with E-state index in [9.17, 15) is 29.4 Å². The average molecular weight is 597 g/mol. The fraction of sp³-hybridized carbons (Fsp3) is 0.577. The van der Waals surface area contributed by atoms with Gasteiger partial charge in [-0.15, -0.1) is 0 Å². The highest BCUT2D eigenvalue weighted by Gasteiger charge is 2.30. The van der Waals surface area contributed by atoms with Crippen molar-refractivity contribution >= 4 is 41.4 Å². The van der Waals surface area contributed by atoms with Crippen LogP contribution < -0.4 is 38.9 Å². The summed E-state index contributed by atoms with van der Waals surface area (Å²) in [6.45, 7) is 0.591. The molecule has 0 saturated heterocycles. The van der Waals surface area contributed by atoms with E-state index in [1.165, 1.54) is 23.9 Å². The Kier molecular flexibility index (Phi) is 16.9. The number of carboxylic acid groups (broad SMARTS) is 1. The number of nitrogens with two attached hydrogens (primary N) is 4. The molecule has 0 fully saturated rings. The van der Waals surface area contributed by atoms with E-state index in [1.54, 1.807) is 12.1 Å². The number of unbranched alkanes of at least 4 members (excludes halogenated alkanes) is 1. The Labute approximate surface area is 244 Å². The monoisotopic (exact) mass is 596 g/mol. The number of aliphatic imine (C=N–C) groups is 1. The van der Waals surface area contributed by atoms with Gasteiger partial charge < -0.3 is 49.1 Å². The Bertz CT molecular complexity index is 1010. The summed E-state index contributed by atoms with van der Waals surface area (Å²) in [7, 11) is 0. The number of hydrogen-bond donors (Lipinski definition) is 9. The second-order valence-electron chi connectivity index (χ2n) is 9.51. The van der Waals surface area contributed by atoms with E-state index in [4.69, 9.17) is 22.9 Å². The second-order valence-corrected chi connectivity index (χ2v) is 10.5. The maximum Gasteiger partial charge on any atom is 0.326 e. The number of thioether (sulfide) groups is 1. The van der Waals surface area contributed by atoms with Gasteiger partial charge in [-0.3, -0.25) is 19.4 Å². The Morgan fingerprint density at radius 3 is 1.98 bits per heavy atom. The van der Waals surface area contributed by atoms with Crippen LogP contribution in [0.3, 0.4) is 0 Å². The van der Waals surface area contributed by atoms with E-state index < -0.39 is 47.9 Å². The zero-order valence-corrected chi connectivity index (χ0v) is 24.2. The molecule has 4 unspecified atom stereocenters. The van der Waals surface area contributed by atoms with Gasteiger partial charge in [-0.05, 0) is 81.2 Å². The molecule has 14 nitrogen and oxygen atoms in total. The van der Waals surface area contributed by atoms with Gasteiger partial charge in [0.05, 0.1) is 6.04 Å². The van der Waals surface area contributed by atoms with Crippen molar-refractivity contribution in [2.75, 3.05) is 25.1 Å². The normalized spacial score (nSPS) is 13.7. The highest BCUT2D eigenvalue weighted by atomic mass is 32.2. The molecule has 230 valence electrons. The van der Waals surface area contributed by atoms with Crippen molar-refractivity contribution in [2.24, 2.45) is 27.9 Å². The number of benzene rings is 1. The second kappa shape index (κ2) is 19.5. The highest BCUT2D eigenvalue weighted by Crippen LogP contribution is 2.12. The van der Waals surface area contributed by atoms with Crippen molar-refractivity contribution in [3.63, 3.8) is 0 Å². The number of nitrogens with one attached hydrogen (secondary N) is 3. The summed E-state index contributed by atoms with van der Waals surface area (Å²) in [6.07, 6.45) is 4.01. The molecule has 1 aromatic rings. The fourth-order valence-electron chi connectivity index (χ4n) is 3.83. The molecule has 0 saturated carbocycles. The molecule has 41 heavy (non-hydrogen) atoms. The summed E-state index contributed by atoms with van der Waals surface area (Å²) < 4.78 is 0. The standard InChI is InChI=1S/C26H44N8O6S/c1-41-14-11-21(25(39)40)34-24(38)19(5-2-3-12-27)33-23(37)20(6-4-13-31-26(29)30)32-22(36)18(28)15-16-7-9-17(35)10-8-16/h7-10,18-21,35H,2-6,11-15,27-28H2,1H3,(H,32,36)(H,33,37)(H,34,38)(H,39,40)(H4,29,30,31). The van der Waals surface area contributed by atoms with Gasteiger partial charge in [-0.25, -0.2) is 4.79 Å². The SMILES string of the molecule is CSCCC(NC(=O)C(CCCCN)NC(=O)C(CCCN=C(N)N)NC(=O)C(N)Cc1ccc(O)cc1)C(=O)O. The first-order chi connectivity index (χ1) is 19.5. The average Bonchev–Trinajstić information content (AvgIpc) is 2.92. The molecule has 0 bridgehead atoms. The number of carbonyl (C=O) groups is 4. The van der Waals surface area contributed by atoms with Crippen molar-refractivity contribution in [1.82, 2.24) is 16.0 Å². The first-order valence-corrected chi connectivity index (χ1v) is 14.8. The van der Waals surface area contributed by atoms with Crippen molar-refractivity contribution in [1.29, 1.82) is 0 Å². The van der Waals surface area contributed by atoms with E-state index in [1.807, 2.05) is 6.26 Å². The number of aromatic hydroxyl groups is 1. The number of hydrogen-bond acceptors (Lipinski definition) is 9. The third kappa shape index (κ3) is 14.6. The summed E-state index contributed by atoms with van der Waals surface area (Å²) in [6, 6.07) is 2.00. The molecule has 15 heteroatoms. The molecular formula is C26H44N8O6S. The van der Waals surface area contributed by atoms with Gasteiger partial charge in [0.2, 0.25) is 17.7 Å². The van der Waals surface area contributed by atoms with Crippen LogP contribution in [0, 0.1) is 0 Å². The molecule has 0 aliphatic carbocycles. The lowest BCUT2D eigenvalue weighted by Gasteiger charge is -2.25. The minimum absolute atomic E-state index is 0.0771. The number of phenols is 1.